The molecule has 176 valence electrons. The summed E-state index contributed by atoms with van der Waals surface area (Å²) in [6, 6.07) is 14.1. The number of aromatic nitrogens is 3. The molecule has 1 aromatic carbocycles. The van der Waals surface area contributed by atoms with Gasteiger partial charge in [0.15, 0.2) is 5.82 Å². The predicted octanol–water partition coefficient (Wildman–Crippen LogP) is 4.01. The van der Waals surface area contributed by atoms with Gasteiger partial charge in [-0.25, -0.2) is 4.98 Å². The van der Waals surface area contributed by atoms with Crippen molar-refractivity contribution < 1.29 is 9.84 Å². The summed E-state index contributed by atoms with van der Waals surface area (Å²) in [6.45, 7) is 1.71. The maximum atomic E-state index is 10.3. The van der Waals surface area contributed by atoms with Crippen LogP contribution >= 0.6 is 0 Å². The van der Waals surface area contributed by atoms with Gasteiger partial charge in [0, 0.05) is 48.7 Å². The van der Waals surface area contributed by atoms with E-state index in [1.165, 1.54) is 18.5 Å². The Kier molecular flexibility index (Phi) is 5.36. The number of nitrogens with two attached hydrogens (primary N) is 1. The number of aromatic hydroxyl groups is 1. The number of nitrogens with zero attached hydrogens (tertiary/aromatic N) is 5. The third-order valence-electron chi connectivity index (χ3n) is 7.40. The maximum absolute atomic E-state index is 10.3. The third-order valence-corrected chi connectivity index (χ3v) is 7.40. The molecular formula is C26H30N6O2. The Morgan fingerprint density at radius 1 is 0.941 bits per heavy atom. The number of ether oxygens (including phenoxy) is 1. The number of piperidine rings is 1. The van der Waals surface area contributed by atoms with Gasteiger partial charge in [0.25, 0.3) is 0 Å². The van der Waals surface area contributed by atoms with E-state index in [0.717, 1.165) is 50.3 Å². The number of fused-ring (bicyclic) bond motifs is 2. The predicted molar refractivity (Wildman–Crippen MR) is 132 cm³/mol. The lowest BCUT2D eigenvalue weighted by Crippen LogP contribution is -2.61. The Morgan fingerprint density at radius 2 is 1.71 bits per heavy atom. The number of hydrogen-bond acceptors (Lipinski definition) is 8. The fourth-order valence-corrected chi connectivity index (χ4v) is 5.48. The molecule has 34 heavy (non-hydrogen) atoms. The summed E-state index contributed by atoms with van der Waals surface area (Å²) < 4.78 is 6.07. The van der Waals surface area contributed by atoms with Gasteiger partial charge in [-0.3, -0.25) is 0 Å². The van der Waals surface area contributed by atoms with Crippen LogP contribution in [0.3, 0.4) is 0 Å². The largest absolute Gasteiger partial charge is 0.507 e. The molecule has 0 spiro atoms. The molecule has 2 unspecified atom stereocenters. The van der Waals surface area contributed by atoms with Crippen LogP contribution in [0, 0.1) is 0 Å². The van der Waals surface area contributed by atoms with Gasteiger partial charge in [-0.1, -0.05) is 12.1 Å². The van der Waals surface area contributed by atoms with Gasteiger partial charge in [0.1, 0.15) is 11.9 Å². The topological polar surface area (TPSA) is 101 Å². The number of pyridine rings is 1. The molecule has 3 fully saturated rings. The number of phenolic OH excluding ortho intramolecular Hbond substituents is 1. The van der Waals surface area contributed by atoms with Crippen LogP contribution in [0.2, 0.25) is 0 Å². The van der Waals surface area contributed by atoms with E-state index in [-0.39, 0.29) is 5.75 Å². The minimum absolute atomic E-state index is 0.187. The highest BCUT2D eigenvalue weighted by Gasteiger charge is 2.38. The van der Waals surface area contributed by atoms with Crippen LogP contribution in [0.25, 0.3) is 11.3 Å². The van der Waals surface area contributed by atoms with Crippen molar-refractivity contribution in [1.29, 1.82) is 0 Å². The Morgan fingerprint density at radius 3 is 2.44 bits per heavy atom. The molecule has 6 rings (SSSR count). The van der Waals surface area contributed by atoms with Crippen LogP contribution in [0.15, 0.2) is 48.7 Å². The van der Waals surface area contributed by atoms with Crippen LogP contribution in [-0.4, -0.2) is 51.6 Å². The molecule has 0 radical (unpaired) electrons. The number of rotatable bonds is 5. The summed E-state index contributed by atoms with van der Waals surface area (Å²) in [4.78, 5) is 9.36. The van der Waals surface area contributed by atoms with E-state index in [4.69, 9.17) is 10.5 Å². The Hall–Kier alpha value is -3.55. The quantitative estimate of drug-likeness (QED) is 0.592. The van der Waals surface area contributed by atoms with Crippen LogP contribution in [0.4, 0.5) is 17.2 Å². The summed E-state index contributed by atoms with van der Waals surface area (Å²) in [6.07, 6.45) is 9.16. The van der Waals surface area contributed by atoms with Crippen LogP contribution < -0.4 is 20.3 Å². The molecule has 8 heteroatoms. The van der Waals surface area contributed by atoms with Crippen molar-refractivity contribution >= 4 is 17.2 Å². The van der Waals surface area contributed by atoms with Gasteiger partial charge in [0.05, 0.1) is 11.4 Å². The molecule has 2 bridgehead atoms. The molecule has 3 aromatic rings. The van der Waals surface area contributed by atoms with E-state index in [9.17, 15) is 5.11 Å². The van der Waals surface area contributed by atoms with E-state index < -0.39 is 0 Å². The van der Waals surface area contributed by atoms with E-state index in [0.29, 0.717) is 35.3 Å². The molecular weight excluding hydrogens is 428 g/mol. The average Bonchev–Trinajstić information content (AvgIpc) is 2.82. The highest BCUT2D eigenvalue weighted by Crippen LogP contribution is 2.38. The highest BCUT2D eigenvalue weighted by atomic mass is 16.5. The molecule has 3 aliphatic rings. The second kappa shape index (κ2) is 8.66. The Bertz CT molecular complexity index is 1170. The Labute approximate surface area is 199 Å². The number of anilines is 3. The standard InChI is InChI=1S/C26H30N6O2/c27-26-23(14-22(29-30-26)21-9-1-2-10-24(21)33)31-15-18-5-3-6-19(16-31)32(18)17-11-12-28-25(13-17)34-20-7-4-8-20/h1-2,9-14,18-20,33H,3-8,15-16H2,(H2,27,30). The first-order chi connectivity index (χ1) is 16.7. The summed E-state index contributed by atoms with van der Waals surface area (Å²) >= 11 is 0. The van der Waals surface area contributed by atoms with Crippen LogP contribution in [0.5, 0.6) is 11.6 Å². The minimum Gasteiger partial charge on any atom is -0.507 e. The number of piperazine rings is 1. The molecule has 4 heterocycles. The van der Waals surface area contributed by atoms with Crippen LogP contribution in [0.1, 0.15) is 38.5 Å². The number of phenols is 1. The van der Waals surface area contributed by atoms with Crippen molar-refractivity contribution in [3.8, 4) is 22.9 Å². The lowest BCUT2D eigenvalue weighted by Gasteiger charge is -2.52. The van der Waals surface area contributed by atoms with Crippen molar-refractivity contribution in [2.75, 3.05) is 28.6 Å². The van der Waals surface area contributed by atoms with Crippen molar-refractivity contribution in [3.05, 3.63) is 48.7 Å². The lowest BCUT2D eigenvalue weighted by molar-refractivity contribution is 0.114. The molecule has 8 nitrogen and oxygen atoms in total. The van der Waals surface area contributed by atoms with Gasteiger partial charge in [-0.15, -0.1) is 10.2 Å². The maximum Gasteiger partial charge on any atom is 0.215 e. The van der Waals surface area contributed by atoms with Gasteiger partial charge in [0.2, 0.25) is 5.88 Å². The molecule has 2 aliphatic heterocycles. The third kappa shape index (κ3) is 3.87. The second-order valence-corrected chi connectivity index (χ2v) is 9.59. The first-order valence-electron chi connectivity index (χ1n) is 12.2. The molecule has 3 N–H and O–H groups in total. The molecule has 2 aromatic heterocycles. The fraction of sp³-hybridized carbons (Fsp3) is 0.423. The summed E-state index contributed by atoms with van der Waals surface area (Å²) in [5.74, 6) is 1.34. The highest BCUT2D eigenvalue weighted by molar-refractivity contribution is 5.74. The van der Waals surface area contributed by atoms with Crippen molar-refractivity contribution in [2.45, 2.75) is 56.7 Å². The Balaban J connectivity index is 1.26. The van der Waals surface area contributed by atoms with Gasteiger partial charge in [-0.2, -0.15) is 0 Å². The molecule has 2 saturated heterocycles. The summed E-state index contributed by atoms with van der Waals surface area (Å²) in [5.41, 5.74) is 9.66. The van der Waals surface area contributed by atoms with Gasteiger partial charge in [-0.05, 0) is 62.8 Å². The summed E-state index contributed by atoms with van der Waals surface area (Å²) in [7, 11) is 0. The number of para-hydroxylation sites is 1. The first kappa shape index (κ1) is 21.0. The van der Waals surface area contributed by atoms with E-state index in [1.807, 2.05) is 24.4 Å². The van der Waals surface area contributed by atoms with Gasteiger partial charge >= 0.3 is 0 Å². The van der Waals surface area contributed by atoms with Crippen molar-refractivity contribution in [3.63, 3.8) is 0 Å². The van der Waals surface area contributed by atoms with Crippen LogP contribution in [-0.2, 0) is 0 Å². The smallest absolute Gasteiger partial charge is 0.215 e. The first-order valence-corrected chi connectivity index (χ1v) is 12.2. The average molecular weight is 459 g/mol. The fourth-order valence-electron chi connectivity index (χ4n) is 5.48. The zero-order valence-corrected chi connectivity index (χ0v) is 19.2. The van der Waals surface area contributed by atoms with Gasteiger partial charge < -0.3 is 25.4 Å². The monoisotopic (exact) mass is 458 g/mol. The molecule has 1 saturated carbocycles. The zero-order valence-electron chi connectivity index (χ0n) is 19.2. The number of nitrogen functional groups attached to an aromatic ring is 1. The SMILES string of the molecule is Nc1nnc(-c2ccccc2O)cc1N1CC2CCCC(C1)N2c1ccnc(OC2CCC2)c1. The van der Waals surface area contributed by atoms with Crippen molar-refractivity contribution in [2.24, 2.45) is 0 Å². The van der Waals surface area contributed by atoms with E-state index >= 15 is 0 Å². The summed E-state index contributed by atoms with van der Waals surface area (Å²) in [5, 5.41) is 18.8. The zero-order chi connectivity index (χ0) is 23.1. The molecule has 0 amide bonds. The lowest BCUT2D eigenvalue weighted by atomic mass is 9.90. The van der Waals surface area contributed by atoms with Crippen molar-refractivity contribution in [1.82, 2.24) is 15.2 Å². The molecule has 2 atom stereocenters. The molecule has 1 aliphatic carbocycles. The number of benzene rings is 1. The minimum atomic E-state index is 0.187. The second-order valence-electron chi connectivity index (χ2n) is 9.59. The normalized spacial score (nSPS) is 22.4. The van der Waals surface area contributed by atoms with E-state index in [2.05, 4.69) is 37.1 Å². The van der Waals surface area contributed by atoms with E-state index in [1.54, 1.807) is 12.1 Å². The number of hydrogen-bond donors (Lipinski definition) is 2.